The number of aliphatic hydroxyl groups is 1. The Morgan fingerprint density at radius 2 is 2.13 bits per heavy atom. The van der Waals surface area contributed by atoms with Crippen LogP contribution in [0.2, 0.25) is 0 Å². The first-order valence-electron chi connectivity index (χ1n) is 15.8. The fourth-order valence-corrected chi connectivity index (χ4v) is 9.59. The van der Waals surface area contributed by atoms with Gasteiger partial charge >= 0.3 is 5.97 Å². The number of hydrogen-bond acceptors (Lipinski definition) is 8. The molecule has 5 atom stereocenters. The van der Waals surface area contributed by atoms with Crippen LogP contribution in [0.4, 0.5) is 0 Å². The third-order valence-electron chi connectivity index (χ3n) is 9.64. The van der Waals surface area contributed by atoms with Crippen molar-refractivity contribution >= 4 is 35.0 Å². The third kappa shape index (κ3) is 5.98. The number of thiophene rings is 1. The van der Waals surface area contributed by atoms with Gasteiger partial charge in [0.1, 0.15) is 41.4 Å². The second-order valence-corrected chi connectivity index (χ2v) is 14.9. The lowest BCUT2D eigenvalue weighted by Crippen LogP contribution is -2.71. The zero-order chi connectivity index (χ0) is 31.9. The van der Waals surface area contributed by atoms with E-state index in [0.29, 0.717) is 23.5 Å². The highest BCUT2D eigenvalue weighted by Gasteiger charge is 2.55. The molecule has 1 unspecified atom stereocenters. The van der Waals surface area contributed by atoms with Crippen LogP contribution < -0.4 is 10.1 Å². The third-order valence-corrected chi connectivity index (χ3v) is 11.9. The number of aliphatic carboxylic acids is 1. The molecule has 10 heteroatoms. The van der Waals surface area contributed by atoms with E-state index in [1.807, 2.05) is 29.6 Å². The molecular formula is C35H42N2O6S2. The summed E-state index contributed by atoms with van der Waals surface area (Å²) in [4.78, 5) is 28.1. The molecule has 8 nitrogen and oxygen atoms in total. The number of aryl methyl sites for hydroxylation is 1. The minimum Gasteiger partial charge on any atom is -0.507 e. The Hall–Kier alpha value is -3.05. The number of carboxylic acid groups (broad SMARTS) is 1. The Morgan fingerprint density at radius 1 is 1.31 bits per heavy atom. The van der Waals surface area contributed by atoms with Gasteiger partial charge in [-0.2, -0.15) is 0 Å². The molecule has 1 aromatic heterocycles. The maximum absolute atomic E-state index is 13.2. The fourth-order valence-electron chi connectivity index (χ4n) is 7.51. The average Bonchev–Trinajstić information content (AvgIpc) is 3.50. The smallest absolute Gasteiger partial charge is 0.352 e. The molecule has 1 saturated heterocycles. The van der Waals surface area contributed by atoms with Gasteiger partial charge in [-0.15, -0.1) is 23.1 Å². The number of amides is 1. The number of thioether (sulfide) groups is 1. The van der Waals surface area contributed by atoms with E-state index in [1.165, 1.54) is 39.1 Å². The number of carbonyl (C=O) groups is 2. The van der Waals surface area contributed by atoms with Gasteiger partial charge in [0.05, 0.1) is 0 Å². The van der Waals surface area contributed by atoms with Crippen LogP contribution in [-0.4, -0.2) is 62.1 Å². The van der Waals surface area contributed by atoms with Gasteiger partial charge in [-0.3, -0.25) is 15.0 Å². The lowest BCUT2D eigenvalue weighted by Gasteiger charge is -2.53. The minimum absolute atomic E-state index is 0.0144. The predicted molar refractivity (Wildman–Crippen MR) is 177 cm³/mol. The first-order chi connectivity index (χ1) is 21.6. The van der Waals surface area contributed by atoms with Gasteiger partial charge in [-0.25, -0.2) is 4.79 Å². The molecule has 2 aliphatic carbocycles. The highest BCUT2D eigenvalue weighted by molar-refractivity contribution is 8.00. The van der Waals surface area contributed by atoms with Gasteiger partial charge in [-0.05, 0) is 74.1 Å². The lowest BCUT2D eigenvalue weighted by atomic mass is 9.50. The summed E-state index contributed by atoms with van der Waals surface area (Å²) < 4.78 is 6.50. The van der Waals surface area contributed by atoms with Crippen LogP contribution in [0, 0.1) is 5.92 Å². The van der Waals surface area contributed by atoms with Crippen molar-refractivity contribution in [2.24, 2.45) is 5.92 Å². The molecule has 3 heterocycles. The summed E-state index contributed by atoms with van der Waals surface area (Å²) in [5, 5.41) is 36.8. The van der Waals surface area contributed by atoms with E-state index in [0.717, 1.165) is 60.9 Å². The lowest BCUT2D eigenvalue weighted by molar-refractivity contribution is -0.150. The number of phenolic OH excluding ortho intramolecular Hbond substituents is 1. The van der Waals surface area contributed by atoms with E-state index in [1.54, 1.807) is 0 Å². The number of allylic oxidation sites excluding steroid dienone is 3. The number of β-lactam (4-membered cyclic amide) rings is 1. The van der Waals surface area contributed by atoms with Crippen LogP contribution in [0.5, 0.6) is 11.5 Å². The quantitative estimate of drug-likeness (QED) is 0.0917. The van der Waals surface area contributed by atoms with Gasteiger partial charge in [-0.1, -0.05) is 49.6 Å². The number of hydrogen-bond donors (Lipinski definition) is 4. The van der Waals surface area contributed by atoms with Gasteiger partial charge in [0.25, 0.3) is 0 Å². The molecule has 45 heavy (non-hydrogen) atoms. The topological polar surface area (TPSA) is 119 Å². The number of rotatable bonds is 13. The number of nitrogens with zero attached hydrogens (tertiary/aromatic N) is 1. The number of carbonyl (C=O) groups excluding carboxylic acids is 1. The summed E-state index contributed by atoms with van der Waals surface area (Å²) in [7, 11) is 0. The number of carboxylic acids is 1. The SMILES string of the molecule is C=C1C[C@@]2(c3c(O)cc(CCCCC)cc3OCC3=C(C(=O)O)N4C(=O)[C@@H](NC(O)Cc5cccs5)[C@H]4SC3)C=C(C)CC[C@@H]12. The number of aliphatic hydroxyl groups excluding tert-OH is 1. The molecule has 0 spiro atoms. The zero-order valence-electron chi connectivity index (χ0n) is 25.9. The number of nitrogens with one attached hydrogen (secondary N) is 1. The van der Waals surface area contributed by atoms with E-state index in [9.17, 15) is 24.9 Å². The summed E-state index contributed by atoms with van der Waals surface area (Å²) in [6, 6.07) is 7.04. The minimum atomic E-state index is -1.18. The fraction of sp³-hybridized carbons (Fsp3) is 0.486. The largest absolute Gasteiger partial charge is 0.507 e. The van der Waals surface area contributed by atoms with Crippen molar-refractivity contribution in [2.45, 2.75) is 88.3 Å². The second-order valence-electron chi connectivity index (χ2n) is 12.8. The second kappa shape index (κ2) is 13.0. The summed E-state index contributed by atoms with van der Waals surface area (Å²) in [6.07, 6.45) is 8.43. The zero-order valence-corrected chi connectivity index (χ0v) is 27.5. The first kappa shape index (κ1) is 31.9. The van der Waals surface area contributed by atoms with Crippen molar-refractivity contribution in [1.29, 1.82) is 0 Å². The van der Waals surface area contributed by atoms with Crippen molar-refractivity contribution in [1.82, 2.24) is 10.2 Å². The standard InChI is InChI=1S/C35H42N2O6S2/c1-4-5-6-8-22-13-26(38)29(35-16-20(2)10-11-25(35)21(3)17-35)27(14-22)43-18-23-19-45-33-30(32(40)37(33)31(23)34(41)42)36-28(39)15-24-9-7-12-44-24/h7,9,12-14,16,25,28,30,33,36,38-39H,3-6,8,10-11,15,17-19H2,1-2H3,(H,41,42)/t25-,28?,30+,33+,35-/m0/s1. The van der Waals surface area contributed by atoms with Crippen LogP contribution in [0.3, 0.4) is 0 Å². The molecule has 240 valence electrons. The van der Waals surface area contributed by atoms with Crippen LogP contribution >= 0.6 is 23.1 Å². The summed E-state index contributed by atoms with van der Waals surface area (Å²) in [5.74, 6) is -0.182. The molecule has 0 bridgehead atoms. The molecule has 4 N–H and O–H groups in total. The molecule has 2 fully saturated rings. The van der Waals surface area contributed by atoms with Crippen molar-refractivity contribution in [3.05, 3.63) is 80.7 Å². The van der Waals surface area contributed by atoms with Crippen LogP contribution in [0.25, 0.3) is 0 Å². The Balaban J connectivity index is 1.26. The maximum atomic E-state index is 13.2. The van der Waals surface area contributed by atoms with Gasteiger partial charge in [0.2, 0.25) is 5.91 Å². The highest BCUT2D eigenvalue weighted by Crippen LogP contribution is 2.61. The summed E-state index contributed by atoms with van der Waals surface area (Å²) >= 11 is 3.00. The molecule has 1 saturated carbocycles. The number of fused-ring (bicyclic) bond motifs is 2. The van der Waals surface area contributed by atoms with Crippen LogP contribution in [-0.2, 0) is 27.8 Å². The van der Waals surface area contributed by atoms with Crippen molar-refractivity contribution in [3.8, 4) is 11.5 Å². The normalized spacial score (nSPS) is 26.4. The predicted octanol–water partition coefficient (Wildman–Crippen LogP) is 5.89. The van der Waals surface area contributed by atoms with E-state index in [4.69, 9.17) is 4.74 Å². The van der Waals surface area contributed by atoms with E-state index in [-0.39, 0.29) is 29.9 Å². The van der Waals surface area contributed by atoms with Crippen molar-refractivity contribution < 1.29 is 29.6 Å². The number of phenols is 1. The number of aromatic hydroxyl groups is 1. The first-order valence-corrected chi connectivity index (χ1v) is 17.8. The maximum Gasteiger partial charge on any atom is 0.352 e. The number of unbranched alkanes of at least 4 members (excludes halogenated alkanes) is 2. The van der Waals surface area contributed by atoms with Crippen LogP contribution in [0.1, 0.15) is 68.4 Å². The van der Waals surface area contributed by atoms with Gasteiger partial charge < -0.3 is 20.1 Å². The summed E-state index contributed by atoms with van der Waals surface area (Å²) in [5.41, 5.74) is 4.26. The molecule has 1 amide bonds. The molecule has 2 aromatic rings. The Morgan fingerprint density at radius 3 is 2.84 bits per heavy atom. The summed E-state index contributed by atoms with van der Waals surface area (Å²) in [6.45, 7) is 8.57. The van der Waals surface area contributed by atoms with E-state index in [2.05, 4.69) is 31.8 Å². The molecular weight excluding hydrogens is 609 g/mol. The highest BCUT2D eigenvalue weighted by atomic mass is 32.2. The number of ether oxygens (including phenoxy) is 1. The molecule has 1 aromatic carbocycles. The monoisotopic (exact) mass is 650 g/mol. The Bertz CT molecular complexity index is 1550. The molecule has 2 aliphatic heterocycles. The number of benzene rings is 1. The molecule has 0 radical (unpaired) electrons. The van der Waals surface area contributed by atoms with Crippen molar-refractivity contribution in [3.63, 3.8) is 0 Å². The Labute approximate surface area is 272 Å². The van der Waals surface area contributed by atoms with Gasteiger partial charge in [0, 0.05) is 33.6 Å². The molecule has 4 aliphatic rings. The van der Waals surface area contributed by atoms with Crippen molar-refractivity contribution in [2.75, 3.05) is 12.4 Å². The molecule has 6 rings (SSSR count). The average molecular weight is 651 g/mol. The van der Waals surface area contributed by atoms with Crippen LogP contribution in [0.15, 0.2) is 64.7 Å². The van der Waals surface area contributed by atoms with E-state index < -0.39 is 29.0 Å². The van der Waals surface area contributed by atoms with E-state index >= 15 is 0 Å². The van der Waals surface area contributed by atoms with Gasteiger partial charge in [0.15, 0.2) is 0 Å². The Kier molecular flexibility index (Phi) is 9.21.